The van der Waals surface area contributed by atoms with E-state index < -0.39 is 0 Å². The van der Waals surface area contributed by atoms with Gasteiger partial charge in [0.25, 0.3) is 0 Å². The van der Waals surface area contributed by atoms with Crippen molar-refractivity contribution in [3.05, 3.63) is 29.3 Å². The predicted octanol–water partition coefficient (Wildman–Crippen LogP) is 3.75. The van der Waals surface area contributed by atoms with E-state index >= 15 is 0 Å². The van der Waals surface area contributed by atoms with Crippen molar-refractivity contribution in [1.29, 1.82) is 0 Å². The molecule has 0 bridgehead atoms. The highest BCUT2D eigenvalue weighted by molar-refractivity contribution is 7.99. The number of nitrogen functional groups attached to an aromatic ring is 1. The van der Waals surface area contributed by atoms with Gasteiger partial charge in [-0.3, -0.25) is 4.79 Å². The van der Waals surface area contributed by atoms with Gasteiger partial charge in [0.1, 0.15) is 0 Å². The summed E-state index contributed by atoms with van der Waals surface area (Å²) in [5.74, 6) is 1.59. The maximum absolute atomic E-state index is 12.4. The van der Waals surface area contributed by atoms with E-state index in [1.165, 1.54) is 22.9 Å². The van der Waals surface area contributed by atoms with Gasteiger partial charge >= 0.3 is 0 Å². The van der Waals surface area contributed by atoms with Gasteiger partial charge in [-0.05, 0) is 23.0 Å². The number of rotatable bonds is 7. The minimum absolute atomic E-state index is 0.000933. The highest BCUT2D eigenvalue weighted by atomic mass is 32.2. The lowest BCUT2D eigenvalue weighted by molar-refractivity contribution is -0.115. The predicted molar refractivity (Wildman–Crippen MR) is 99.4 cm³/mol. The summed E-state index contributed by atoms with van der Waals surface area (Å²) in [4.78, 5) is 16.4. The highest BCUT2D eigenvalue weighted by Crippen LogP contribution is 2.32. The Labute approximate surface area is 147 Å². The standard InChI is InChI=1S/C17H25N5OS/c1-10(2)12-6-5-7-13(11(3)4)15(12)19-14(23)8-9-24-17-20-16(18)21-22-17/h5-7,10-11H,8-9H2,1-4H3,(H,19,23)(H3,18,20,21,22). The largest absolute Gasteiger partial charge is 0.368 e. The molecule has 0 radical (unpaired) electrons. The molecule has 130 valence electrons. The van der Waals surface area contributed by atoms with Gasteiger partial charge in [0.05, 0.1) is 0 Å². The number of carbonyl (C=O) groups is 1. The second-order valence-electron chi connectivity index (χ2n) is 6.27. The number of amides is 1. The van der Waals surface area contributed by atoms with Gasteiger partial charge in [0.15, 0.2) is 0 Å². The van der Waals surface area contributed by atoms with Gasteiger partial charge in [-0.25, -0.2) is 5.10 Å². The molecule has 0 aliphatic heterocycles. The van der Waals surface area contributed by atoms with Crippen LogP contribution in [0.25, 0.3) is 0 Å². The maximum atomic E-state index is 12.4. The minimum Gasteiger partial charge on any atom is -0.368 e. The van der Waals surface area contributed by atoms with Gasteiger partial charge < -0.3 is 11.1 Å². The van der Waals surface area contributed by atoms with Gasteiger partial charge in [0, 0.05) is 17.9 Å². The number of para-hydroxylation sites is 1. The monoisotopic (exact) mass is 347 g/mol. The van der Waals surface area contributed by atoms with Crippen LogP contribution < -0.4 is 11.1 Å². The molecule has 1 heterocycles. The molecule has 0 fully saturated rings. The van der Waals surface area contributed by atoms with Crippen LogP contribution in [-0.4, -0.2) is 26.8 Å². The van der Waals surface area contributed by atoms with E-state index in [1.54, 1.807) is 0 Å². The van der Waals surface area contributed by atoms with E-state index in [0.717, 1.165) is 5.69 Å². The first-order valence-electron chi connectivity index (χ1n) is 8.11. The minimum atomic E-state index is 0.000933. The summed E-state index contributed by atoms with van der Waals surface area (Å²) >= 11 is 1.41. The molecular formula is C17H25N5OS. The smallest absolute Gasteiger partial charge is 0.225 e. The lowest BCUT2D eigenvalue weighted by atomic mass is 9.92. The molecule has 4 N–H and O–H groups in total. The van der Waals surface area contributed by atoms with Crippen molar-refractivity contribution in [3.63, 3.8) is 0 Å². The normalized spacial score (nSPS) is 11.2. The molecule has 2 rings (SSSR count). The third kappa shape index (κ3) is 4.74. The summed E-state index contributed by atoms with van der Waals surface area (Å²) in [5, 5.41) is 10.2. The Hall–Kier alpha value is -2.02. The molecule has 2 aromatic rings. The van der Waals surface area contributed by atoms with Crippen LogP contribution in [0.2, 0.25) is 0 Å². The number of H-pyrrole nitrogens is 1. The zero-order chi connectivity index (χ0) is 17.7. The fourth-order valence-electron chi connectivity index (χ4n) is 2.45. The summed E-state index contributed by atoms with van der Waals surface area (Å²) in [5.41, 5.74) is 8.78. The van der Waals surface area contributed by atoms with Crippen molar-refractivity contribution < 1.29 is 4.79 Å². The number of aromatic nitrogens is 3. The second kappa shape index (κ2) is 8.19. The molecule has 1 aromatic heterocycles. The SMILES string of the molecule is CC(C)c1cccc(C(C)C)c1NC(=O)CCSc1n[nH]c(N)n1. The topological polar surface area (TPSA) is 96.7 Å². The summed E-state index contributed by atoms with van der Waals surface area (Å²) < 4.78 is 0. The van der Waals surface area contributed by atoms with E-state index in [4.69, 9.17) is 5.73 Å². The Kier molecular flexibility index (Phi) is 6.25. The molecule has 0 aliphatic carbocycles. The van der Waals surface area contributed by atoms with Crippen molar-refractivity contribution in [3.8, 4) is 0 Å². The van der Waals surface area contributed by atoms with E-state index in [-0.39, 0.29) is 11.9 Å². The van der Waals surface area contributed by atoms with Crippen molar-refractivity contribution >= 4 is 29.3 Å². The van der Waals surface area contributed by atoms with E-state index in [0.29, 0.717) is 29.2 Å². The van der Waals surface area contributed by atoms with Gasteiger partial charge in [-0.1, -0.05) is 57.7 Å². The van der Waals surface area contributed by atoms with Crippen LogP contribution in [-0.2, 0) is 4.79 Å². The van der Waals surface area contributed by atoms with Crippen molar-refractivity contribution in [2.24, 2.45) is 0 Å². The molecule has 0 saturated carbocycles. The molecular weight excluding hydrogens is 322 g/mol. The lowest BCUT2D eigenvalue weighted by Crippen LogP contribution is -2.16. The average Bonchev–Trinajstić information content (AvgIpc) is 2.92. The second-order valence-corrected chi connectivity index (χ2v) is 7.33. The molecule has 0 saturated heterocycles. The molecule has 0 spiro atoms. The first-order valence-corrected chi connectivity index (χ1v) is 9.10. The van der Waals surface area contributed by atoms with Crippen LogP contribution in [0.5, 0.6) is 0 Å². The number of anilines is 2. The Morgan fingerprint density at radius 3 is 2.38 bits per heavy atom. The average molecular weight is 347 g/mol. The molecule has 0 aliphatic rings. The van der Waals surface area contributed by atoms with Gasteiger partial charge in [-0.2, -0.15) is 4.98 Å². The molecule has 1 amide bonds. The Bertz CT molecular complexity index is 670. The number of hydrogen-bond acceptors (Lipinski definition) is 5. The Morgan fingerprint density at radius 2 is 1.88 bits per heavy atom. The quantitative estimate of drug-likeness (QED) is 0.663. The van der Waals surface area contributed by atoms with Crippen LogP contribution in [0.4, 0.5) is 11.6 Å². The Morgan fingerprint density at radius 1 is 1.25 bits per heavy atom. The van der Waals surface area contributed by atoms with Crippen molar-refractivity contribution in [2.75, 3.05) is 16.8 Å². The van der Waals surface area contributed by atoms with Crippen molar-refractivity contribution in [2.45, 2.75) is 51.1 Å². The molecule has 7 heteroatoms. The zero-order valence-electron chi connectivity index (χ0n) is 14.6. The van der Waals surface area contributed by atoms with Crippen LogP contribution in [0.15, 0.2) is 23.4 Å². The number of hydrogen-bond donors (Lipinski definition) is 3. The number of aromatic amines is 1. The third-order valence-electron chi connectivity index (χ3n) is 3.68. The fourth-order valence-corrected chi connectivity index (χ4v) is 3.20. The molecule has 0 unspecified atom stereocenters. The van der Waals surface area contributed by atoms with Crippen molar-refractivity contribution in [1.82, 2.24) is 15.2 Å². The molecule has 0 atom stereocenters. The summed E-state index contributed by atoms with van der Waals surface area (Å²) in [6, 6.07) is 6.22. The zero-order valence-corrected chi connectivity index (χ0v) is 15.4. The summed E-state index contributed by atoms with van der Waals surface area (Å²) in [7, 11) is 0. The highest BCUT2D eigenvalue weighted by Gasteiger charge is 2.16. The van der Waals surface area contributed by atoms with Gasteiger partial charge in [0.2, 0.25) is 17.0 Å². The lowest BCUT2D eigenvalue weighted by Gasteiger charge is -2.20. The third-order valence-corrected chi connectivity index (χ3v) is 4.53. The fraction of sp³-hybridized carbons (Fsp3) is 0.471. The van der Waals surface area contributed by atoms with Crippen LogP contribution in [0.3, 0.4) is 0 Å². The number of carbonyl (C=O) groups excluding carboxylic acids is 1. The van der Waals surface area contributed by atoms with Crippen LogP contribution in [0.1, 0.15) is 57.1 Å². The molecule has 24 heavy (non-hydrogen) atoms. The molecule has 1 aromatic carbocycles. The summed E-state index contributed by atoms with van der Waals surface area (Å²) in [6.45, 7) is 8.55. The van der Waals surface area contributed by atoms with Gasteiger partial charge in [-0.15, -0.1) is 5.10 Å². The Balaban J connectivity index is 2.02. The summed E-state index contributed by atoms with van der Waals surface area (Å²) in [6.07, 6.45) is 0.392. The number of nitrogens with two attached hydrogens (primary N) is 1. The molecule has 6 nitrogen and oxygen atoms in total. The number of thioether (sulfide) groups is 1. The number of nitrogens with zero attached hydrogens (tertiary/aromatic N) is 2. The van der Waals surface area contributed by atoms with E-state index in [9.17, 15) is 4.79 Å². The van der Waals surface area contributed by atoms with E-state index in [2.05, 4.69) is 66.4 Å². The first kappa shape index (κ1) is 18.3. The van der Waals surface area contributed by atoms with E-state index in [1.807, 2.05) is 0 Å². The number of benzene rings is 1. The first-order chi connectivity index (χ1) is 11.4. The van der Waals surface area contributed by atoms with Crippen LogP contribution in [0, 0.1) is 0 Å². The van der Waals surface area contributed by atoms with Crippen LogP contribution >= 0.6 is 11.8 Å². The number of nitrogens with one attached hydrogen (secondary N) is 2. The maximum Gasteiger partial charge on any atom is 0.225 e.